The first kappa shape index (κ1) is 19.2. The first-order valence-corrected chi connectivity index (χ1v) is 9.10. The van der Waals surface area contributed by atoms with E-state index in [-0.39, 0.29) is 10.5 Å². The van der Waals surface area contributed by atoms with E-state index in [9.17, 15) is 13.2 Å². The number of benzene rings is 2. The van der Waals surface area contributed by atoms with Crippen molar-refractivity contribution in [1.29, 1.82) is 5.26 Å². The molecule has 0 radical (unpaired) electrons. The van der Waals surface area contributed by atoms with E-state index < -0.39 is 16.0 Å². The Bertz CT molecular complexity index is 931. The summed E-state index contributed by atoms with van der Waals surface area (Å²) < 4.78 is 30.9. The van der Waals surface area contributed by atoms with Crippen molar-refractivity contribution in [1.82, 2.24) is 5.32 Å². The van der Waals surface area contributed by atoms with Gasteiger partial charge in [0.25, 0.3) is 16.0 Å². The quantitative estimate of drug-likeness (QED) is 0.297. The van der Waals surface area contributed by atoms with Gasteiger partial charge in [-0.05, 0) is 36.2 Å². The lowest BCUT2D eigenvalue weighted by Gasteiger charge is -2.06. The van der Waals surface area contributed by atoms with Gasteiger partial charge in [0, 0.05) is 18.4 Å². The summed E-state index contributed by atoms with van der Waals surface area (Å²) in [6.07, 6.45) is 2.08. The van der Waals surface area contributed by atoms with Crippen LogP contribution >= 0.6 is 0 Å². The fourth-order valence-electron chi connectivity index (χ4n) is 2.09. The third kappa shape index (κ3) is 5.73. The zero-order chi connectivity index (χ0) is 19.0. The predicted molar refractivity (Wildman–Crippen MR) is 96.7 cm³/mol. The molecule has 0 saturated heterocycles. The molecule has 2 aromatic carbocycles. The average Bonchev–Trinajstić information content (AvgIpc) is 2.62. The lowest BCUT2D eigenvalue weighted by atomic mass is 10.1. The molecule has 0 spiro atoms. The van der Waals surface area contributed by atoms with Crippen LogP contribution in [-0.4, -0.2) is 25.4 Å². The number of nitriles is 1. The van der Waals surface area contributed by atoms with E-state index in [1.807, 2.05) is 36.4 Å². The van der Waals surface area contributed by atoms with Crippen LogP contribution in [0.2, 0.25) is 0 Å². The zero-order valence-corrected chi connectivity index (χ0v) is 14.5. The van der Waals surface area contributed by atoms with Crippen LogP contribution in [-0.2, 0) is 21.3 Å². The van der Waals surface area contributed by atoms with Gasteiger partial charge in [0.05, 0.1) is 4.90 Å². The minimum absolute atomic E-state index is 0.114. The maximum atomic E-state index is 12.1. The fraction of sp³-hybridized carbons (Fsp3) is 0.111. The van der Waals surface area contributed by atoms with E-state index >= 15 is 0 Å². The molecule has 0 fully saturated rings. The topological polar surface area (TPSA) is 119 Å². The van der Waals surface area contributed by atoms with Crippen molar-refractivity contribution in [2.75, 3.05) is 11.9 Å². The number of hydrogen-bond acceptors (Lipinski definition) is 5. The normalized spacial score (nSPS) is 11.5. The number of hydrogen-bond donors (Lipinski definition) is 3. The van der Waals surface area contributed by atoms with Gasteiger partial charge in [0.1, 0.15) is 11.6 Å². The van der Waals surface area contributed by atoms with Crippen molar-refractivity contribution in [2.24, 2.45) is 0 Å². The summed E-state index contributed by atoms with van der Waals surface area (Å²) in [5.41, 5.74) is 1.32. The highest BCUT2D eigenvalue weighted by atomic mass is 32.2. The number of rotatable bonds is 7. The smallest absolute Gasteiger partial charge is 0.294 e. The number of carbonyl (C=O) groups is 1. The Labute approximate surface area is 151 Å². The number of anilines is 1. The molecule has 0 aromatic heterocycles. The fourth-order valence-corrected chi connectivity index (χ4v) is 2.57. The molecule has 8 heteroatoms. The van der Waals surface area contributed by atoms with Gasteiger partial charge < -0.3 is 10.6 Å². The maximum Gasteiger partial charge on any atom is 0.294 e. The van der Waals surface area contributed by atoms with Crippen molar-refractivity contribution >= 4 is 21.7 Å². The van der Waals surface area contributed by atoms with Gasteiger partial charge in [0.15, 0.2) is 0 Å². The lowest BCUT2D eigenvalue weighted by molar-refractivity contribution is -0.112. The monoisotopic (exact) mass is 371 g/mol. The molecule has 134 valence electrons. The molecule has 26 heavy (non-hydrogen) atoms. The highest BCUT2D eigenvalue weighted by Gasteiger charge is 2.11. The van der Waals surface area contributed by atoms with E-state index in [1.54, 1.807) is 0 Å². The minimum Gasteiger partial charge on any atom is -0.389 e. The molecule has 0 heterocycles. The first-order valence-electron chi connectivity index (χ1n) is 7.66. The average molecular weight is 371 g/mol. The maximum absolute atomic E-state index is 12.1. The summed E-state index contributed by atoms with van der Waals surface area (Å²) in [7, 11) is -4.29. The molecule has 2 aromatic rings. The molecule has 0 atom stereocenters. The van der Waals surface area contributed by atoms with Crippen LogP contribution < -0.4 is 10.6 Å². The standard InChI is InChI=1S/C18H17N3O4S/c19-12-15(13-20-11-10-14-4-2-1-3-5-14)18(22)21-16-6-8-17(9-7-16)26(23,24)25/h1-9,13,20H,10-11H2,(H,21,22)(H,23,24,25)/b15-13-. The Morgan fingerprint density at radius 1 is 1.12 bits per heavy atom. The van der Waals surface area contributed by atoms with Crippen molar-refractivity contribution < 1.29 is 17.8 Å². The Kier molecular flexibility index (Phi) is 6.49. The SMILES string of the molecule is N#C/C(=C/NCCc1ccccc1)C(=O)Nc1ccc(S(=O)(=O)O)cc1. The van der Waals surface area contributed by atoms with E-state index in [1.165, 1.54) is 18.3 Å². The highest BCUT2D eigenvalue weighted by Crippen LogP contribution is 2.14. The molecule has 3 N–H and O–H groups in total. The van der Waals surface area contributed by atoms with Gasteiger partial charge >= 0.3 is 0 Å². The molecular formula is C18H17N3O4S. The van der Waals surface area contributed by atoms with Crippen molar-refractivity contribution in [3.05, 3.63) is 71.9 Å². The van der Waals surface area contributed by atoms with Gasteiger partial charge in [-0.2, -0.15) is 13.7 Å². The Hall–Kier alpha value is -3.15. The lowest BCUT2D eigenvalue weighted by Crippen LogP contribution is -2.18. The molecule has 2 rings (SSSR count). The zero-order valence-electron chi connectivity index (χ0n) is 13.7. The summed E-state index contributed by atoms with van der Waals surface area (Å²) in [5.74, 6) is -0.626. The minimum atomic E-state index is -4.29. The molecule has 7 nitrogen and oxygen atoms in total. The Balaban J connectivity index is 1.92. The highest BCUT2D eigenvalue weighted by molar-refractivity contribution is 7.85. The molecule has 0 unspecified atom stereocenters. The number of nitrogens with one attached hydrogen (secondary N) is 2. The van der Waals surface area contributed by atoms with E-state index in [0.29, 0.717) is 12.2 Å². The number of amides is 1. The van der Waals surface area contributed by atoms with Gasteiger partial charge in [-0.1, -0.05) is 30.3 Å². The van der Waals surface area contributed by atoms with E-state index in [4.69, 9.17) is 9.81 Å². The summed E-state index contributed by atoms with van der Waals surface area (Å²) >= 11 is 0. The van der Waals surface area contributed by atoms with Crippen molar-refractivity contribution in [3.63, 3.8) is 0 Å². The Morgan fingerprint density at radius 2 is 1.77 bits per heavy atom. The van der Waals surface area contributed by atoms with Gasteiger partial charge in [-0.25, -0.2) is 0 Å². The molecular weight excluding hydrogens is 354 g/mol. The second-order valence-corrected chi connectivity index (χ2v) is 6.73. The van der Waals surface area contributed by atoms with Crippen LogP contribution in [0.3, 0.4) is 0 Å². The predicted octanol–water partition coefficient (Wildman–Crippen LogP) is 2.11. The van der Waals surface area contributed by atoms with Crippen LogP contribution in [0.15, 0.2) is 71.3 Å². The largest absolute Gasteiger partial charge is 0.389 e. The summed E-state index contributed by atoms with van der Waals surface area (Å²) in [6, 6.07) is 16.5. The molecule has 0 aliphatic heterocycles. The molecule has 1 amide bonds. The molecule has 0 bridgehead atoms. The molecule has 0 aliphatic carbocycles. The van der Waals surface area contributed by atoms with Crippen LogP contribution in [0.25, 0.3) is 0 Å². The second kappa shape index (κ2) is 8.80. The van der Waals surface area contributed by atoms with Crippen LogP contribution in [0.5, 0.6) is 0 Å². The summed E-state index contributed by atoms with van der Waals surface area (Å²) in [4.78, 5) is 11.8. The van der Waals surface area contributed by atoms with Crippen LogP contribution in [0, 0.1) is 11.3 Å². The van der Waals surface area contributed by atoms with Crippen molar-refractivity contribution in [3.8, 4) is 6.07 Å². The van der Waals surface area contributed by atoms with Gasteiger partial charge in [0.2, 0.25) is 0 Å². The number of carbonyl (C=O) groups excluding carboxylic acids is 1. The van der Waals surface area contributed by atoms with Crippen molar-refractivity contribution in [2.45, 2.75) is 11.3 Å². The Morgan fingerprint density at radius 3 is 2.35 bits per heavy atom. The first-order chi connectivity index (χ1) is 12.4. The van der Waals surface area contributed by atoms with E-state index in [2.05, 4.69) is 10.6 Å². The molecule has 0 saturated carbocycles. The van der Waals surface area contributed by atoms with Crippen LogP contribution in [0.4, 0.5) is 5.69 Å². The summed E-state index contributed by atoms with van der Waals surface area (Å²) in [6.45, 7) is 0.561. The summed E-state index contributed by atoms with van der Waals surface area (Å²) in [5, 5.41) is 14.5. The second-order valence-electron chi connectivity index (χ2n) is 5.31. The number of nitrogens with zero attached hydrogens (tertiary/aromatic N) is 1. The third-order valence-electron chi connectivity index (χ3n) is 3.42. The molecule has 0 aliphatic rings. The van der Waals surface area contributed by atoms with Gasteiger partial charge in [-0.15, -0.1) is 0 Å². The van der Waals surface area contributed by atoms with E-state index in [0.717, 1.165) is 24.1 Å². The third-order valence-corrected chi connectivity index (χ3v) is 4.29. The van der Waals surface area contributed by atoms with Gasteiger partial charge in [-0.3, -0.25) is 9.35 Å². The van der Waals surface area contributed by atoms with Crippen LogP contribution in [0.1, 0.15) is 5.56 Å².